The Morgan fingerprint density at radius 2 is 1.88 bits per heavy atom. The van der Waals surface area contributed by atoms with E-state index in [1.54, 1.807) is 20.4 Å². The van der Waals surface area contributed by atoms with E-state index in [4.69, 9.17) is 14.2 Å². The summed E-state index contributed by atoms with van der Waals surface area (Å²) in [4.78, 5) is 6.79. The van der Waals surface area contributed by atoms with Crippen LogP contribution in [0.1, 0.15) is 17.5 Å². The van der Waals surface area contributed by atoms with Crippen LogP contribution in [-0.2, 0) is 17.7 Å². The first-order valence-electron chi connectivity index (χ1n) is 9.09. The van der Waals surface area contributed by atoms with Crippen molar-refractivity contribution in [3.8, 4) is 11.6 Å². The molecule has 1 fully saturated rings. The highest BCUT2D eigenvalue weighted by Crippen LogP contribution is 2.27. The van der Waals surface area contributed by atoms with Gasteiger partial charge >= 0.3 is 0 Å². The van der Waals surface area contributed by atoms with E-state index in [0.29, 0.717) is 17.9 Å². The number of nitrogens with zero attached hydrogens (tertiary/aromatic N) is 2. The van der Waals surface area contributed by atoms with Crippen molar-refractivity contribution in [3.05, 3.63) is 53.7 Å². The Kier molecular flexibility index (Phi) is 6.47. The molecule has 5 nitrogen and oxygen atoms in total. The fraction of sp³-hybridized carbons (Fsp3) is 0.476. The van der Waals surface area contributed by atoms with Gasteiger partial charge < -0.3 is 14.2 Å². The maximum atomic E-state index is 5.78. The molecule has 0 unspecified atom stereocenters. The maximum Gasteiger partial charge on any atom is 0.217 e. The molecule has 0 spiro atoms. The van der Waals surface area contributed by atoms with E-state index >= 15 is 0 Å². The number of aromatic nitrogens is 1. The molecule has 1 aliphatic rings. The number of hydrogen-bond donors (Lipinski definition) is 0. The van der Waals surface area contributed by atoms with Crippen LogP contribution in [0.5, 0.6) is 11.6 Å². The molecule has 0 amide bonds. The average molecular weight is 356 g/mol. The number of hydrogen-bond acceptors (Lipinski definition) is 5. The van der Waals surface area contributed by atoms with Gasteiger partial charge in [0.05, 0.1) is 20.3 Å². The molecule has 1 saturated heterocycles. The summed E-state index contributed by atoms with van der Waals surface area (Å²) in [5.41, 5.74) is 2.45. The molecule has 3 rings (SSSR count). The van der Waals surface area contributed by atoms with Crippen LogP contribution in [0.3, 0.4) is 0 Å². The first-order valence-corrected chi connectivity index (χ1v) is 9.09. The minimum Gasteiger partial charge on any atom is -0.497 e. The third-order valence-electron chi connectivity index (χ3n) is 5.15. The van der Waals surface area contributed by atoms with Crippen molar-refractivity contribution in [2.45, 2.75) is 25.5 Å². The van der Waals surface area contributed by atoms with Gasteiger partial charge in [-0.3, -0.25) is 4.90 Å². The van der Waals surface area contributed by atoms with Crippen LogP contribution in [-0.4, -0.2) is 50.4 Å². The zero-order valence-electron chi connectivity index (χ0n) is 15.9. The standard InChI is InChI=1S/C21H28N2O3/c1-24-19-8-6-16(7-9-19)13-18-15-23(12-10-20(18)25-2)14-17-5-4-11-22-21(17)26-3/h4-9,11,18,20H,10,12-15H2,1-3H3/t18-,20+/m1/s1. The molecule has 0 aliphatic carbocycles. The smallest absolute Gasteiger partial charge is 0.217 e. The van der Waals surface area contributed by atoms with Gasteiger partial charge in [-0.25, -0.2) is 4.98 Å². The molecule has 0 bridgehead atoms. The summed E-state index contributed by atoms with van der Waals surface area (Å²) in [7, 11) is 5.20. The molecule has 2 aromatic rings. The molecule has 0 N–H and O–H groups in total. The van der Waals surface area contributed by atoms with Crippen molar-refractivity contribution in [2.75, 3.05) is 34.4 Å². The minimum atomic E-state index is 0.296. The SMILES string of the molecule is COc1ccc(C[C@@H]2CN(Cc3cccnc3OC)CC[C@@H]2OC)cc1. The van der Waals surface area contributed by atoms with Gasteiger partial charge in [-0.2, -0.15) is 0 Å². The van der Waals surface area contributed by atoms with E-state index in [9.17, 15) is 0 Å². The molecule has 1 aromatic heterocycles. The zero-order valence-corrected chi connectivity index (χ0v) is 15.9. The topological polar surface area (TPSA) is 43.8 Å². The second-order valence-corrected chi connectivity index (χ2v) is 6.78. The Labute approximate surface area is 155 Å². The Morgan fingerprint density at radius 1 is 1.08 bits per heavy atom. The number of likely N-dealkylation sites (tertiary alicyclic amines) is 1. The molecular weight excluding hydrogens is 328 g/mol. The zero-order chi connectivity index (χ0) is 18.4. The third-order valence-corrected chi connectivity index (χ3v) is 5.15. The van der Waals surface area contributed by atoms with Crippen LogP contribution < -0.4 is 9.47 Å². The average Bonchev–Trinajstić information content (AvgIpc) is 2.69. The summed E-state index contributed by atoms with van der Waals surface area (Å²) >= 11 is 0. The monoisotopic (exact) mass is 356 g/mol. The first kappa shape index (κ1) is 18.7. The summed E-state index contributed by atoms with van der Waals surface area (Å²) in [6.07, 6.45) is 4.11. The Hall–Kier alpha value is -2.11. The van der Waals surface area contributed by atoms with Crippen LogP contribution in [0, 0.1) is 5.92 Å². The van der Waals surface area contributed by atoms with E-state index in [0.717, 1.165) is 43.8 Å². The molecule has 26 heavy (non-hydrogen) atoms. The second-order valence-electron chi connectivity index (χ2n) is 6.78. The molecular formula is C21H28N2O3. The van der Waals surface area contributed by atoms with Crippen LogP contribution >= 0.6 is 0 Å². The maximum absolute atomic E-state index is 5.78. The van der Waals surface area contributed by atoms with Gasteiger partial charge in [-0.1, -0.05) is 18.2 Å². The summed E-state index contributed by atoms with van der Waals surface area (Å²) in [5, 5.41) is 0. The lowest BCUT2D eigenvalue weighted by Gasteiger charge is -2.38. The summed E-state index contributed by atoms with van der Waals surface area (Å²) in [6, 6.07) is 12.4. The van der Waals surface area contributed by atoms with Crippen LogP contribution in [0.4, 0.5) is 0 Å². The van der Waals surface area contributed by atoms with Gasteiger partial charge in [0.25, 0.3) is 0 Å². The predicted octanol–water partition coefficient (Wildman–Crippen LogP) is 3.18. The minimum absolute atomic E-state index is 0.296. The Bertz CT molecular complexity index is 690. The van der Waals surface area contributed by atoms with Crippen molar-refractivity contribution in [1.29, 1.82) is 0 Å². The summed E-state index contributed by atoms with van der Waals surface area (Å²) < 4.78 is 16.4. The van der Waals surface area contributed by atoms with E-state index < -0.39 is 0 Å². The van der Waals surface area contributed by atoms with Crippen LogP contribution in [0.2, 0.25) is 0 Å². The number of rotatable bonds is 7. The molecule has 1 aromatic carbocycles. The molecule has 140 valence electrons. The largest absolute Gasteiger partial charge is 0.497 e. The lowest BCUT2D eigenvalue weighted by Crippen LogP contribution is -2.44. The number of pyridine rings is 1. The van der Waals surface area contributed by atoms with Crippen molar-refractivity contribution in [1.82, 2.24) is 9.88 Å². The third kappa shape index (κ3) is 4.54. The highest BCUT2D eigenvalue weighted by Gasteiger charge is 2.29. The first-order chi connectivity index (χ1) is 12.7. The van der Waals surface area contributed by atoms with Crippen molar-refractivity contribution in [2.24, 2.45) is 5.92 Å². The van der Waals surface area contributed by atoms with Crippen molar-refractivity contribution >= 4 is 0 Å². The Morgan fingerprint density at radius 3 is 2.58 bits per heavy atom. The predicted molar refractivity (Wildman–Crippen MR) is 102 cm³/mol. The van der Waals surface area contributed by atoms with Gasteiger partial charge in [-0.05, 0) is 36.6 Å². The van der Waals surface area contributed by atoms with Crippen molar-refractivity contribution in [3.63, 3.8) is 0 Å². The lowest BCUT2D eigenvalue weighted by molar-refractivity contribution is -0.00866. The van der Waals surface area contributed by atoms with Crippen molar-refractivity contribution < 1.29 is 14.2 Å². The van der Waals surface area contributed by atoms with E-state index in [1.807, 2.05) is 25.3 Å². The van der Waals surface area contributed by atoms with Crippen LogP contribution in [0.25, 0.3) is 0 Å². The van der Waals surface area contributed by atoms with E-state index in [1.165, 1.54) is 5.56 Å². The van der Waals surface area contributed by atoms with E-state index in [-0.39, 0.29) is 0 Å². The molecule has 0 saturated carbocycles. The van der Waals surface area contributed by atoms with Gasteiger partial charge in [0, 0.05) is 44.4 Å². The van der Waals surface area contributed by atoms with Crippen LogP contribution in [0.15, 0.2) is 42.6 Å². The van der Waals surface area contributed by atoms with Gasteiger partial charge in [0.2, 0.25) is 5.88 Å². The molecule has 0 radical (unpaired) electrons. The fourth-order valence-electron chi connectivity index (χ4n) is 3.77. The molecule has 2 heterocycles. The normalized spacial score (nSPS) is 20.7. The quantitative estimate of drug-likeness (QED) is 0.762. The second kappa shape index (κ2) is 9.01. The number of methoxy groups -OCH3 is 3. The van der Waals surface area contributed by atoms with Gasteiger partial charge in [-0.15, -0.1) is 0 Å². The highest BCUT2D eigenvalue weighted by atomic mass is 16.5. The lowest BCUT2D eigenvalue weighted by atomic mass is 9.88. The Balaban J connectivity index is 1.67. The molecule has 5 heteroatoms. The number of benzene rings is 1. The number of ether oxygens (including phenoxy) is 3. The van der Waals surface area contributed by atoms with Gasteiger partial charge in [0.15, 0.2) is 0 Å². The molecule has 2 atom stereocenters. The fourth-order valence-corrected chi connectivity index (χ4v) is 3.77. The summed E-state index contributed by atoms with van der Waals surface area (Å²) in [6.45, 7) is 2.88. The number of piperidine rings is 1. The van der Waals surface area contributed by atoms with Gasteiger partial charge in [0.1, 0.15) is 5.75 Å². The highest BCUT2D eigenvalue weighted by molar-refractivity contribution is 5.28. The van der Waals surface area contributed by atoms with E-state index in [2.05, 4.69) is 28.1 Å². The summed E-state index contributed by atoms with van der Waals surface area (Å²) in [5.74, 6) is 2.07. The molecule has 1 aliphatic heterocycles.